The van der Waals surface area contributed by atoms with E-state index in [-0.39, 0.29) is 6.54 Å². The zero-order valence-electron chi connectivity index (χ0n) is 9.33. The summed E-state index contributed by atoms with van der Waals surface area (Å²) in [7, 11) is 1.55. The van der Waals surface area contributed by atoms with Gasteiger partial charge >= 0.3 is 0 Å². The molecule has 0 aliphatic heterocycles. The lowest BCUT2D eigenvalue weighted by Gasteiger charge is -2.14. The second kappa shape index (κ2) is 6.24. The molecule has 7 heteroatoms. The molecular formula is C10H13N5O2. The molecule has 0 fully saturated rings. The average molecular weight is 235 g/mol. The summed E-state index contributed by atoms with van der Waals surface area (Å²) >= 11 is 0. The maximum Gasteiger partial charge on any atom is 0.240 e. The Balaban J connectivity index is 2.77. The number of anilines is 1. The number of rotatable bonds is 6. The zero-order chi connectivity index (χ0) is 12.7. The average Bonchev–Trinajstić information content (AvgIpc) is 2.34. The molecule has 1 rings (SSSR count). The van der Waals surface area contributed by atoms with Crippen molar-refractivity contribution in [1.82, 2.24) is 0 Å². The molecule has 0 saturated heterocycles. The number of amides is 1. The monoisotopic (exact) mass is 235 g/mol. The number of nitrogens with zero attached hydrogens (tertiary/aromatic N) is 3. The summed E-state index contributed by atoms with van der Waals surface area (Å²) in [6.07, 6.45) is 0. The van der Waals surface area contributed by atoms with Crippen molar-refractivity contribution in [2.75, 3.05) is 19.0 Å². The molecule has 1 aromatic rings. The number of azide groups is 1. The van der Waals surface area contributed by atoms with Crippen LogP contribution in [0.5, 0.6) is 5.75 Å². The molecule has 0 aliphatic carbocycles. The number of methoxy groups -OCH3 is 1. The van der Waals surface area contributed by atoms with Gasteiger partial charge < -0.3 is 15.8 Å². The van der Waals surface area contributed by atoms with Gasteiger partial charge in [-0.15, -0.1) is 0 Å². The molecule has 0 radical (unpaired) electrons. The van der Waals surface area contributed by atoms with Crippen LogP contribution >= 0.6 is 0 Å². The molecule has 7 nitrogen and oxygen atoms in total. The topological polar surface area (TPSA) is 113 Å². The van der Waals surface area contributed by atoms with Gasteiger partial charge in [-0.3, -0.25) is 4.79 Å². The van der Waals surface area contributed by atoms with Crippen LogP contribution in [0.1, 0.15) is 0 Å². The van der Waals surface area contributed by atoms with Crippen molar-refractivity contribution < 1.29 is 9.53 Å². The second-order valence-electron chi connectivity index (χ2n) is 3.24. The van der Waals surface area contributed by atoms with Crippen LogP contribution in [0.3, 0.4) is 0 Å². The van der Waals surface area contributed by atoms with Gasteiger partial charge in [0.2, 0.25) is 5.91 Å². The van der Waals surface area contributed by atoms with E-state index in [1.807, 2.05) is 0 Å². The number of nitrogens with two attached hydrogens (primary N) is 1. The van der Waals surface area contributed by atoms with Crippen LogP contribution in [0, 0.1) is 0 Å². The maximum atomic E-state index is 11.1. The van der Waals surface area contributed by atoms with E-state index in [9.17, 15) is 4.79 Å². The van der Waals surface area contributed by atoms with Crippen LogP contribution < -0.4 is 15.8 Å². The van der Waals surface area contributed by atoms with E-state index >= 15 is 0 Å². The van der Waals surface area contributed by atoms with E-state index < -0.39 is 11.9 Å². The minimum atomic E-state index is -0.738. The van der Waals surface area contributed by atoms with Crippen molar-refractivity contribution in [2.24, 2.45) is 10.8 Å². The van der Waals surface area contributed by atoms with Crippen molar-refractivity contribution >= 4 is 11.6 Å². The first kappa shape index (κ1) is 12.7. The van der Waals surface area contributed by atoms with Crippen LogP contribution in [-0.4, -0.2) is 25.6 Å². The highest BCUT2D eigenvalue weighted by atomic mass is 16.5. The molecule has 3 N–H and O–H groups in total. The minimum Gasteiger partial charge on any atom is -0.497 e. The lowest BCUT2D eigenvalue weighted by molar-refractivity contribution is -0.118. The van der Waals surface area contributed by atoms with Crippen LogP contribution in [0.2, 0.25) is 0 Å². The molecule has 0 aliphatic rings. The molecular weight excluding hydrogens is 222 g/mol. The summed E-state index contributed by atoms with van der Waals surface area (Å²) in [5.74, 6) is 0.0715. The van der Waals surface area contributed by atoms with Crippen LogP contribution in [0.4, 0.5) is 5.69 Å². The highest BCUT2D eigenvalue weighted by Crippen LogP contribution is 2.17. The van der Waals surface area contributed by atoms with Crippen molar-refractivity contribution in [3.8, 4) is 5.75 Å². The third-order valence-electron chi connectivity index (χ3n) is 2.08. The van der Waals surface area contributed by atoms with E-state index in [1.54, 1.807) is 31.4 Å². The first-order valence-electron chi connectivity index (χ1n) is 4.88. The summed E-state index contributed by atoms with van der Waals surface area (Å²) in [6, 6.07) is 6.28. The Morgan fingerprint density at radius 3 is 3.06 bits per heavy atom. The molecule has 1 aromatic carbocycles. The summed E-state index contributed by atoms with van der Waals surface area (Å²) in [6.45, 7) is -0.0386. The molecule has 1 unspecified atom stereocenters. The Morgan fingerprint density at radius 2 is 2.47 bits per heavy atom. The highest BCUT2D eigenvalue weighted by molar-refractivity contribution is 5.83. The van der Waals surface area contributed by atoms with Crippen LogP contribution in [0.15, 0.2) is 29.4 Å². The maximum absolute atomic E-state index is 11.1. The minimum absolute atomic E-state index is 0.0386. The summed E-state index contributed by atoms with van der Waals surface area (Å²) < 4.78 is 5.04. The number of ether oxygens (including phenoxy) is 1. The summed E-state index contributed by atoms with van der Waals surface area (Å²) in [4.78, 5) is 13.7. The fraction of sp³-hybridized carbons (Fsp3) is 0.300. The number of benzene rings is 1. The number of hydrogen-bond acceptors (Lipinski definition) is 4. The van der Waals surface area contributed by atoms with Gasteiger partial charge in [0, 0.05) is 16.7 Å². The Labute approximate surface area is 98.2 Å². The number of carbonyl (C=O) groups is 1. The van der Waals surface area contributed by atoms with E-state index in [2.05, 4.69) is 15.3 Å². The Kier molecular flexibility index (Phi) is 4.65. The summed E-state index contributed by atoms with van der Waals surface area (Å²) in [5, 5.41) is 6.19. The Bertz CT molecular complexity index is 442. The van der Waals surface area contributed by atoms with Crippen molar-refractivity contribution in [3.05, 3.63) is 34.7 Å². The Hall–Kier alpha value is -2.40. The van der Waals surface area contributed by atoms with E-state index in [4.69, 9.17) is 16.0 Å². The van der Waals surface area contributed by atoms with Crippen molar-refractivity contribution in [2.45, 2.75) is 6.04 Å². The molecule has 0 bridgehead atoms. The fourth-order valence-corrected chi connectivity index (χ4v) is 1.24. The standard InChI is InChI=1S/C10H13N5O2/c1-17-8-4-2-3-7(5-8)14-9(10(11)16)6-13-15-12/h2-5,9,14H,6H2,1H3,(H2,11,16). The van der Waals surface area contributed by atoms with E-state index in [0.29, 0.717) is 11.4 Å². The van der Waals surface area contributed by atoms with Gasteiger partial charge in [-0.1, -0.05) is 11.2 Å². The number of carbonyl (C=O) groups excluding carboxylic acids is 1. The van der Waals surface area contributed by atoms with Gasteiger partial charge in [0.05, 0.1) is 13.7 Å². The fourth-order valence-electron chi connectivity index (χ4n) is 1.24. The summed E-state index contributed by atoms with van der Waals surface area (Å²) in [5.41, 5.74) is 14.1. The quantitative estimate of drug-likeness (QED) is 0.439. The molecule has 0 heterocycles. The SMILES string of the molecule is COc1cccc(NC(CN=[N+]=[N-])C(N)=O)c1. The van der Waals surface area contributed by atoms with Crippen molar-refractivity contribution in [1.29, 1.82) is 0 Å². The van der Waals surface area contributed by atoms with Gasteiger partial charge in [-0.25, -0.2) is 0 Å². The number of primary amides is 1. The van der Waals surface area contributed by atoms with Crippen molar-refractivity contribution in [3.63, 3.8) is 0 Å². The highest BCUT2D eigenvalue weighted by Gasteiger charge is 2.13. The van der Waals surface area contributed by atoms with E-state index in [1.165, 1.54) is 0 Å². The normalized spacial score (nSPS) is 11.1. The van der Waals surface area contributed by atoms with Crippen LogP contribution in [0.25, 0.3) is 10.4 Å². The third kappa shape index (κ3) is 3.92. The van der Waals surface area contributed by atoms with Gasteiger partial charge in [0.15, 0.2) is 0 Å². The lowest BCUT2D eigenvalue weighted by atomic mass is 10.2. The first-order valence-corrected chi connectivity index (χ1v) is 4.88. The van der Waals surface area contributed by atoms with E-state index in [0.717, 1.165) is 0 Å². The second-order valence-corrected chi connectivity index (χ2v) is 3.24. The molecule has 0 saturated carbocycles. The van der Waals surface area contributed by atoms with Gasteiger partial charge in [-0.05, 0) is 17.7 Å². The van der Waals surface area contributed by atoms with Gasteiger partial charge in [0.1, 0.15) is 11.8 Å². The molecule has 17 heavy (non-hydrogen) atoms. The molecule has 1 atom stereocenters. The largest absolute Gasteiger partial charge is 0.497 e. The molecule has 0 aromatic heterocycles. The first-order chi connectivity index (χ1) is 8.17. The molecule has 0 spiro atoms. The lowest BCUT2D eigenvalue weighted by Crippen LogP contribution is -2.37. The third-order valence-corrected chi connectivity index (χ3v) is 2.08. The Morgan fingerprint density at radius 1 is 1.71 bits per heavy atom. The predicted molar refractivity (Wildman–Crippen MR) is 63.6 cm³/mol. The van der Waals surface area contributed by atoms with Gasteiger partial charge in [-0.2, -0.15) is 0 Å². The van der Waals surface area contributed by atoms with Crippen LogP contribution in [-0.2, 0) is 4.79 Å². The zero-order valence-corrected chi connectivity index (χ0v) is 9.33. The number of hydrogen-bond donors (Lipinski definition) is 2. The predicted octanol–water partition coefficient (Wildman–Crippen LogP) is 1.27. The number of nitrogens with one attached hydrogen (secondary N) is 1. The molecule has 1 amide bonds. The van der Waals surface area contributed by atoms with Gasteiger partial charge in [0.25, 0.3) is 0 Å². The molecule has 90 valence electrons. The smallest absolute Gasteiger partial charge is 0.240 e.